The number of benzene rings is 1. The molecule has 1 unspecified atom stereocenters. The van der Waals surface area contributed by atoms with Crippen molar-refractivity contribution >= 4 is 56.5 Å². The molecule has 4 aromatic rings. The number of hydrogen-bond acceptors (Lipinski definition) is 8. The normalized spacial score (nSPS) is 15.8. The van der Waals surface area contributed by atoms with Crippen molar-refractivity contribution in [3.63, 3.8) is 0 Å². The highest BCUT2D eigenvalue weighted by Gasteiger charge is 2.32. The zero-order valence-electron chi connectivity index (χ0n) is 20.1. The lowest BCUT2D eigenvalue weighted by Crippen LogP contribution is -2.26. The van der Waals surface area contributed by atoms with E-state index in [0.29, 0.717) is 27.7 Å². The number of fused-ring (bicyclic) bond motifs is 5. The van der Waals surface area contributed by atoms with Crippen LogP contribution in [0.25, 0.3) is 15.9 Å². The molecule has 3 aromatic heterocycles. The van der Waals surface area contributed by atoms with Gasteiger partial charge in [-0.25, -0.2) is 9.78 Å². The number of rotatable bonds is 5. The summed E-state index contributed by atoms with van der Waals surface area (Å²) in [4.78, 5) is 31.2. The van der Waals surface area contributed by atoms with Crippen LogP contribution in [0, 0.1) is 11.3 Å². The number of ether oxygens (including phenoxy) is 1. The summed E-state index contributed by atoms with van der Waals surface area (Å²) in [6.07, 6.45) is 5.04. The topological polar surface area (TPSA) is 98.5 Å². The van der Waals surface area contributed by atoms with Gasteiger partial charge in [-0.05, 0) is 60.4 Å². The van der Waals surface area contributed by atoms with E-state index in [2.05, 4.69) is 36.3 Å². The van der Waals surface area contributed by atoms with Crippen LogP contribution in [0.4, 0.5) is 5.69 Å². The Morgan fingerprint density at radius 2 is 2.00 bits per heavy atom. The van der Waals surface area contributed by atoms with Crippen LogP contribution in [0.1, 0.15) is 48.0 Å². The van der Waals surface area contributed by atoms with Gasteiger partial charge in [0, 0.05) is 10.6 Å². The van der Waals surface area contributed by atoms with Gasteiger partial charge in [-0.1, -0.05) is 32.5 Å². The molecule has 10 heteroatoms. The number of aromatic nitrogens is 4. The lowest BCUT2D eigenvalue weighted by atomic mass is 9.72. The maximum Gasteiger partial charge on any atom is 0.337 e. The minimum atomic E-state index is -0.416. The number of thiophene rings is 1. The van der Waals surface area contributed by atoms with Crippen molar-refractivity contribution < 1.29 is 14.3 Å². The third-order valence-corrected chi connectivity index (χ3v) is 8.68. The number of aryl methyl sites for hydroxylation is 1. The van der Waals surface area contributed by atoms with Gasteiger partial charge in [-0.15, -0.1) is 21.5 Å². The summed E-state index contributed by atoms with van der Waals surface area (Å²) >= 11 is 3.09. The van der Waals surface area contributed by atoms with E-state index < -0.39 is 5.97 Å². The number of carbonyl (C=O) groups is 2. The summed E-state index contributed by atoms with van der Waals surface area (Å²) < 4.78 is 6.58. The van der Waals surface area contributed by atoms with Crippen molar-refractivity contribution in [2.24, 2.45) is 11.3 Å². The smallest absolute Gasteiger partial charge is 0.337 e. The average molecular weight is 510 g/mol. The number of amides is 1. The third-order valence-electron chi connectivity index (χ3n) is 6.57. The number of carbonyl (C=O) groups excluding carboxylic acids is 2. The van der Waals surface area contributed by atoms with E-state index in [9.17, 15) is 9.59 Å². The Hall–Kier alpha value is -2.98. The highest BCUT2D eigenvalue weighted by molar-refractivity contribution is 7.99. The Bertz CT molecular complexity index is 1420. The zero-order valence-corrected chi connectivity index (χ0v) is 21.8. The summed E-state index contributed by atoms with van der Waals surface area (Å²) in [5.41, 5.74) is 3.50. The fourth-order valence-electron chi connectivity index (χ4n) is 4.53. The summed E-state index contributed by atoms with van der Waals surface area (Å²) in [6, 6.07) is 6.57. The van der Waals surface area contributed by atoms with Gasteiger partial charge in [0.2, 0.25) is 5.91 Å². The second-order valence-corrected chi connectivity index (χ2v) is 11.8. The van der Waals surface area contributed by atoms with E-state index in [0.717, 1.165) is 28.7 Å². The monoisotopic (exact) mass is 509 g/mol. The summed E-state index contributed by atoms with van der Waals surface area (Å²) in [5.74, 6) is 0.249. The fraction of sp³-hybridized carbons (Fsp3) is 0.400. The molecule has 1 aromatic carbocycles. The molecule has 8 nitrogen and oxygen atoms in total. The van der Waals surface area contributed by atoms with E-state index in [-0.39, 0.29) is 11.7 Å². The van der Waals surface area contributed by atoms with Crippen LogP contribution >= 0.6 is 23.1 Å². The molecule has 1 aliphatic carbocycles. The van der Waals surface area contributed by atoms with Crippen molar-refractivity contribution in [3.8, 4) is 0 Å². The number of nitrogens with zero attached hydrogens (tertiary/aromatic N) is 4. The van der Waals surface area contributed by atoms with Crippen molar-refractivity contribution in [3.05, 3.63) is 46.6 Å². The van der Waals surface area contributed by atoms with Crippen molar-refractivity contribution in [1.29, 1.82) is 0 Å². The van der Waals surface area contributed by atoms with Crippen LogP contribution in [0.5, 0.6) is 0 Å². The Balaban J connectivity index is 1.31. The highest BCUT2D eigenvalue weighted by Crippen LogP contribution is 2.43. The molecule has 3 heterocycles. The molecule has 35 heavy (non-hydrogen) atoms. The van der Waals surface area contributed by atoms with E-state index in [1.165, 1.54) is 35.7 Å². The van der Waals surface area contributed by atoms with Crippen molar-refractivity contribution in [2.75, 3.05) is 18.2 Å². The van der Waals surface area contributed by atoms with Crippen LogP contribution in [-0.4, -0.2) is 44.3 Å². The van der Waals surface area contributed by atoms with Gasteiger partial charge in [0.1, 0.15) is 11.2 Å². The first-order valence-corrected chi connectivity index (χ1v) is 13.3. The second kappa shape index (κ2) is 9.23. The molecule has 5 rings (SSSR count). The molecule has 0 saturated carbocycles. The van der Waals surface area contributed by atoms with E-state index in [4.69, 9.17) is 9.72 Å². The summed E-state index contributed by atoms with van der Waals surface area (Å²) in [6.45, 7) is 6.96. The Labute approximate surface area is 211 Å². The highest BCUT2D eigenvalue weighted by atomic mass is 32.2. The minimum absolute atomic E-state index is 0.173. The van der Waals surface area contributed by atoms with E-state index in [1.807, 2.05) is 4.40 Å². The van der Waals surface area contributed by atoms with Crippen LogP contribution in [0.15, 0.2) is 35.7 Å². The van der Waals surface area contributed by atoms with Gasteiger partial charge in [-0.3, -0.25) is 9.20 Å². The van der Waals surface area contributed by atoms with Crippen LogP contribution in [0.2, 0.25) is 0 Å². The Morgan fingerprint density at radius 1 is 1.23 bits per heavy atom. The molecule has 0 spiro atoms. The fourth-order valence-corrected chi connectivity index (χ4v) is 6.49. The van der Waals surface area contributed by atoms with Crippen LogP contribution in [-0.2, 0) is 22.4 Å². The number of thioether (sulfide) groups is 1. The first-order chi connectivity index (χ1) is 16.7. The number of nitrogens with one attached hydrogen (secondary N) is 1. The molecule has 182 valence electrons. The van der Waals surface area contributed by atoms with Gasteiger partial charge in [0.25, 0.3) is 0 Å². The molecule has 1 atom stereocenters. The predicted octanol–water partition coefficient (Wildman–Crippen LogP) is 5.01. The lowest BCUT2D eigenvalue weighted by molar-refractivity contribution is -0.113. The largest absolute Gasteiger partial charge is 0.465 e. The molecular formula is C25H27N5O3S2. The number of anilines is 1. The molecule has 0 fully saturated rings. The molecule has 0 radical (unpaired) electrons. The SMILES string of the molecule is COC(=O)c1ccc(NC(=O)CSc2nnc3c4c5c(sc4ncn23)CC(C(C)(C)C)CC5)cc1. The van der Waals surface area contributed by atoms with Gasteiger partial charge in [0.15, 0.2) is 10.8 Å². The average Bonchev–Trinajstić information content (AvgIpc) is 3.42. The maximum absolute atomic E-state index is 12.5. The number of hydrogen-bond donors (Lipinski definition) is 1. The quantitative estimate of drug-likeness (QED) is 0.298. The second-order valence-electron chi connectivity index (χ2n) is 9.82. The lowest BCUT2D eigenvalue weighted by Gasteiger charge is -2.33. The first kappa shape index (κ1) is 23.7. The Kier molecular flexibility index (Phi) is 6.27. The maximum atomic E-state index is 12.5. The van der Waals surface area contributed by atoms with Crippen LogP contribution < -0.4 is 5.32 Å². The number of methoxy groups -OCH3 is 1. The van der Waals surface area contributed by atoms with Crippen molar-refractivity contribution in [1.82, 2.24) is 19.6 Å². The van der Waals surface area contributed by atoms with Gasteiger partial charge >= 0.3 is 5.97 Å². The first-order valence-electron chi connectivity index (χ1n) is 11.5. The molecule has 0 saturated heterocycles. The standard InChI is InChI=1S/C25H27N5O3S2/c1-25(2,3)15-7-10-17-18(11-15)35-22-20(17)21-28-29-24(30(21)13-26-22)34-12-19(31)27-16-8-5-14(6-9-16)23(32)33-4/h5-6,8-9,13,15H,7,10-12H2,1-4H3,(H,27,31). The molecule has 0 bridgehead atoms. The number of esters is 1. The zero-order chi connectivity index (χ0) is 24.7. The molecule has 0 aliphatic heterocycles. The van der Waals surface area contributed by atoms with Crippen molar-refractivity contribution in [2.45, 2.75) is 45.2 Å². The van der Waals surface area contributed by atoms with E-state index in [1.54, 1.807) is 41.9 Å². The third kappa shape index (κ3) is 4.64. The minimum Gasteiger partial charge on any atom is -0.465 e. The molecule has 1 aliphatic rings. The van der Waals surface area contributed by atoms with Gasteiger partial charge in [0.05, 0.1) is 23.8 Å². The molecule has 1 amide bonds. The van der Waals surface area contributed by atoms with E-state index >= 15 is 0 Å². The molecule has 1 N–H and O–H groups in total. The Morgan fingerprint density at radius 3 is 2.71 bits per heavy atom. The predicted molar refractivity (Wildman–Crippen MR) is 138 cm³/mol. The summed E-state index contributed by atoms with van der Waals surface area (Å²) in [5, 5.41) is 13.4. The van der Waals surface area contributed by atoms with Crippen LogP contribution in [0.3, 0.4) is 0 Å². The van der Waals surface area contributed by atoms with Gasteiger partial charge in [-0.2, -0.15) is 0 Å². The summed E-state index contributed by atoms with van der Waals surface area (Å²) in [7, 11) is 1.33. The van der Waals surface area contributed by atoms with Gasteiger partial charge < -0.3 is 10.1 Å². The molecular weight excluding hydrogens is 482 g/mol.